The van der Waals surface area contributed by atoms with E-state index in [0.29, 0.717) is 15.7 Å². The molecule has 1 saturated heterocycles. The average Bonchev–Trinajstić information content (AvgIpc) is 2.84. The van der Waals surface area contributed by atoms with Gasteiger partial charge in [0.05, 0.1) is 17.7 Å². The summed E-state index contributed by atoms with van der Waals surface area (Å²) in [5, 5.41) is 10.5. The Labute approximate surface area is 157 Å². The third kappa shape index (κ3) is 3.46. The molecule has 1 N–H and O–H groups in total. The minimum absolute atomic E-state index is 0.157. The van der Waals surface area contributed by atoms with Gasteiger partial charge in [-0.25, -0.2) is 4.90 Å². The largest absolute Gasteiger partial charge is 0.504 e. The van der Waals surface area contributed by atoms with Gasteiger partial charge in [0.2, 0.25) is 0 Å². The lowest BCUT2D eigenvalue weighted by Gasteiger charge is -2.12. The minimum atomic E-state index is -0.504. The Morgan fingerprint density at radius 1 is 1.16 bits per heavy atom. The predicted molar refractivity (Wildman–Crippen MR) is 99.6 cm³/mol. The number of thioether (sulfide) groups is 1. The van der Waals surface area contributed by atoms with Crippen LogP contribution in [-0.4, -0.2) is 23.4 Å². The second kappa shape index (κ2) is 7.00. The highest BCUT2D eigenvalue weighted by atomic mass is 35.5. The summed E-state index contributed by atoms with van der Waals surface area (Å²) in [4.78, 5) is 26.0. The lowest BCUT2D eigenvalue weighted by molar-refractivity contribution is -0.113. The van der Waals surface area contributed by atoms with Crippen molar-refractivity contribution < 1.29 is 19.4 Å². The van der Waals surface area contributed by atoms with Gasteiger partial charge in [-0.1, -0.05) is 29.3 Å². The summed E-state index contributed by atoms with van der Waals surface area (Å²) in [7, 11) is 1.39. The summed E-state index contributed by atoms with van der Waals surface area (Å²) in [6.45, 7) is 0. The first-order valence-electron chi connectivity index (χ1n) is 7.00. The van der Waals surface area contributed by atoms with E-state index in [0.717, 1.165) is 16.7 Å². The highest BCUT2D eigenvalue weighted by molar-refractivity contribution is 8.19. The van der Waals surface area contributed by atoms with E-state index in [9.17, 15) is 14.7 Å². The van der Waals surface area contributed by atoms with Crippen LogP contribution < -0.4 is 9.64 Å². The third-order valence-electron chi connectivity index (χ3n) is 3.44. The van der Waals surface area contributed by atoms with Crippen LogP contribution in [0.25, 0.3) is 6.08 Å². The van der Waals surface area contributed by atoms with Gasteiger partial charge in [0.15, 0.2) is 11.5 Å². The van der Waals surface area contributed by atoms with E-state index < -0.39 is 11.1 Å². The van der Waals surface area contributed by atoms with Gasteiger partial charge in [-0.2, -0.15) is 0 Å². The van der Waals surface area contributed by atoms with E-state index in [2.05, 4.69) is 0 Å². The summed E-state index contributed by atoms with van der Waals surface area (Å²) >= 11 is 12.7. The number of halogens is 2. The van der Waals surface area contributed by atoms with Crippen LogP contribution in [0.15, 0.2) is 41.3 Å². The molecule has 128 valence electrons. The Kier molecular flexibility index (Phi) is 4.94. The maximum atomic E-state index is 12.6. The number of phenolic OH excluding ortho intramolecular Hbond substituents is 1. The fourth-order valence-corrected chi connectivity index (χ4v) is 3.54. The number of rotatable bonds is 3. The molecule has 0 aliphatic carbocycles. The number of anilines is 1. The van der Waals surface area contributed by atoms with E-state index >= 15 is 0 Å². The van der Waals surface area contributed by atoms with Crippen molar-refractivity contribution in [2.45, 2.75) is 0 Å². The number of benzene rings is 2. The molecule has 1 fully saturated rings. The molecule has 2 amide bonds. The molecule has 0 radical (unpaired) electrons. The molecule has 2 aromatic rings. The quantitative estimate of drug-likeness (QED) is 0.744. The first-order chi connectivity index (χ1) is 11.9. The molecule has 0 atom stereocenters. The molecule has 1 aliphatic rings. The summed E-state index contributed by atoms with van der Waals surface area (Å²) in [6.07, 6.45) is 1.40. The van der Waals surface area contributed by atoms with Gasteiger partial charge in [-0.05, 0) is 42.1 Å². The molecular weight excluding hydrogens is 385 g/mol. The van der Waals surface area contributed by atoms with Crippen LogP contribution in [0, 0.1) is 0 Å². The van der Waals surface area contributed by atoms with Crippen molar-refractivity contribution >= 4 is 57.9 Å². The zero-order chi connectivity index (χ0) is 18.1. The Morgan fingerprint density at radius 3 is 2.60 bits per heavy atom. The van der Waals surface area contributed by atoms with E-state index in [1.807, 2.05) is 0 Å². The van der Waals surface area contributed by atoms with Crippen molar-refractivity contribution in [1.29, 1.82) is 0 Å². The number of phenols is 1. The summed E-state index contributed by atoms with van der Waals surface area (Å²) in [6, 6.07) is 9.37. The van der Waals surface area contributed by atoms with Crippen molar-refractivity contribution in [3.8, 4) is 11.5 Å². The normalized spacial score (nSPS) is 16.0. The van der Waals surface area contributed by atoms with Gasteiger partial charge in [-0.3, -0.25) is 9.59 Å². The van der Waals surface area contributed by atoms with E-state index in [-0.39, 0.29) is 22.0 Å². The molecule has 1 heterocycles. The van der Waals surface area contributed by atoms with Crippen LogP contribution in [0.4, 0.5) is 10.5 Å². The molecular formula is C17H11Cl2NO4S. The van der Waals surface area contributed by atoms with Crippen molar-refractivity contribution in [1.82, 2.24) is 0 Å². The van der Waals surface area contributed by atoms with Crippen molar-refractivity contribution in [2.75, 3.05) is 12.0 Å². The zero-order valence-electron chi connectivity index (χ0n) is 12.8. The highest BCUT2D eigenvalue weighted by Gasteiger charge is 2.36. The monoisotopic (exact) mass is 395 g/mol. The predicted octanol–water partition coefficient (Wildman–Crippen LogP) is 4.95. The fraction of sp³-hybridized carbons (Fsp3) is 0.0588. The van der Waals surface area contributed by atoms with Crippen molar-refractivity contribution in [2.24, 2.45) is 0 Å². The Hall–Kier alpha value is -2.15. The number of imide groups is 1. The summed E-state index contributed by atoms with van der Waals surface area (Å²) in [5.74, 6) is -0.495. The summed E-state index contributed by atoms with van der Waals surface area (Å²) < 4.78 is 5.04. The van der Waals surface area contributed by atoms with Gasteiger partial charge in [0.25, 0.3) is 11.1 Å². The van der Waals surface area contributed by atoms with Gasteiger partial charge in [0.1, 0.15) is 0 Å². The number of carbonyl (C=O) groups excluding carboxylic acids is 2. The number of aromatic hydroxyl groups is 1. The van der Waals surface area contributed by atoms with Crippen LogP contribution in [0.3, 0.4) is 0 Å². The second-order valence-corrected chi connectivity index (χ2v) is 6.91. The van der Waals surface area contributed by atoms with Crippen molar-refractivity contribution in [3.05, 3.63) is 56.9 Å². The number of ether oxygens (including phenoxy) is 1. The zero-order valence-corrected chi connectivity index (χ0v) is 15.2. The van der Waals surface area contributed by atoms with Gasteiger partial charge in [0, 0.05) is 21.7 Å². The van der Waals surface area contributed by atoms with Gasteiger partial charge in [-0.15, -0.1) is 0 Å². The number of methoxy groups -OCH3 is 1. The maximum Gasteiger partial charge on any atom is 0.298 e. The van der Waals surface area contributed by atoms with E-state index in [1.165, 1.54) is 31.4 Å². The Morgan fingerprint density at radius 2 is 1.92 bits per heavy atom. The minimum Gasteiger partial charge on any atom is -0.504 e. The van der Waals surface area contributed by atoms with Gasteiger partial charge >= 0.3 is 0 Å². The van der Waals surface area contributed by atoms with Gasteiger partial charge < -0.3 is 9.84 Å². The maximum absolute atomic E-state index is 12.6. The molecule has 25 heavy (non-hydrogen) atoms. The molecule has 0 bridgehead atoms. The number of carbonyl (C=O) groups is 2. The molecule has 3 rings (SSSR count). The third-order valence-corrected chi connectivity index (χ3v) is 4.76. The Bertz CT molecular complexity index is 914. The highest BCUT2D eigenvalue weighted by Crippen LogP contribution is 2.40. The topological polar surface area (TPSA) is 66.8 Å². The average molecular weight is 396 g/mol. The lowest BCUT2D eigenvalue weighted by Crippen LogP contribution is -2.27. The fourth-order valence-electron chi connectivity index (χ4n) is 2.31. The Balaban J connectivity index is 2.00. The second-order valence-electron chi connectivity index (χ2n) is 5.04. The number of hydrogen-bond acceptors (Lipinski definition) is 5. The van der Waals surface area contributed by atoms with E-state index in [4.69, 9.17) is 27.9 Å². The molecule has 0 spiro atoms. The molecule has 5 nitrogen and oxygen atoms in total. The van der Waals surface area contributed by atoms with Crippen LogP contribution in [0.5, 0.6) is 11.5 Å². The summed E-state index contributed by atoms with van der Waals surface area (Å²) in [5.41, 5.74) is 0.659. The molecule has 0 unspecified atom stereocenters. The smallest absolute Gasteiger partial charge is 0.298 e. The SMILES string of the molecule is COc1cc(Cl)cc(/C=C2/SC(=O)N(c3cccc(Cl)c3)C2=O)c1O. The van der Waals surface area contributed by atoms with Crippen LogP contribution in [0.2, 0.25) is 10.0 Å². The molecule has 8 heteroatoms. The van der Waals surface area contributed by atoms with E-state index in [1.54, 1.807) is 18.2 Å². The standard InChI is InChI=1S/C17H11Cl2NO4S/c1-24-13-8-11(19)5-9(15(13)21)6-14-16(22)20(17(23)25-14)12-4-2-3-10(18)7-12/h2-8,21H,1H3/b14-6+. The molecule has 0 aromatic heterocycles. The molecule has 1 aliphatic heterocycles. The first kappa shape index (κ1) is 17.7. The number of amides is 2. The van der Waals surface area contributed by atoms with Crippen molar-refractivity contribution in [3.63, 3.8) is 0 Å². The van der Waals surface area contributed by atoms with Crippen LogP contribution >= 0.6 is 35.0 Å². The molecule has 0 saturated carbocycles. The first-order valence-corrected chi connectivity index (χ1v) is 8.58. The lowest BCUT2D eigenvalue weighted by atomic mass is 10.1. The molecule has 2 aromatic carbocycles. The number of hydrogen-bond donors (Lipinski definition) is 1. The number of nitrogens with zero attached hydrogens (tertiary/aromatic N) is 1. The van der Waals surface area contributed by atoms with Crippen LogP contribution in [-0.2, 0) is 4.79 Å². The van der Waals surface area contributed by atoms with Crippen LogP contribution in [0.1, 0.15) is 5.56 Å².